The molecular weight excluding hydrogens is 196 g/mol. The summed E-state index contributed by atoms with van der Waals surface area (Å²) < 4.78 is 10.1. The van der Waals surface area contributed by atoms with E-state index in [0.29, 0.717) is 5.56 Å². The second-order valence-electron chi connectivity index (χ2n) is 3.41. The van der Waals surface area contributed by atoms with E-state index in [2.05, 4.69) is 0 Å². The lowest BCUT2D eigenvalue weighted by Gasteiger charge is -2.13. The number of hydrogen-bond acceptors (Lipinski definition) is 4. The standard InChI is InChI=1S/C11H12O4/c12-9-6-14-7-10(9)15-11(13)8-4-2-1-3-5-8/h1-5,9-10,12H,6-7H2/t9-,10+/m0/s1. The summed E-state index contributed by atoms with van der Waals surface area (Å²) in [4.78, 5) is 11.6. The van der Waals surface area contributed by atoms with Crippen molar-refractivity contribution < 1.29 is 19.4 Å². The third-order valence-corrected chi connectivity index (χ3v) is 2.27. The Balaban J connectivity index is 1.98. The van der Waals surface area contributed by atoms with Crippen molar-refractivity contribution in [3.8, 4) is 0 Å². The van der Waals surface area contributed by atoms with E-state index in [-0.39, 0.29) is 13.2 Å². The average molecular weight is 208 g/mol. The largest absolute Gasteiger partial charge is 0.453 e. The number of carbonyl (C=O) groups is 1. The van der Waals surface area contributed by atoms with Gasteiger partial charge in [0.05, 0.1) is 18.8 Å². The molecule has 0 aromatic heterocycles. The number of carbonyl (C=O) groups excluding carboxylic acids is 1. The zero-order valence-corrected chi connectivity index (χ0v) is 8.13. The maximum absolute atomic E-state index is 11.6. The zero-order chi connectivity index (χ0) is 10.7. The van der Waals surface area contributed by atoms with Gasteiger partial charge in [-0.1, -0.05) is 18.2 Å². The lowest BCUT2D eigenvalue weighted by Crippen LogP contribution is -2.29. The first-order chi connectivity index (χ1) is 7.27. The maximum atomic E-state index is 11.6. The Morgan fingerprint density at radius 2 is 2.07 bits per heavy atom. The van der Waals surface area contributed by atoms with Crippen LogP contribution in [0.2, 0.25) is 0 Å². The van der Waals surface area contributed by atoms with Crippen molar-refractivity contribution in [2.24, 2.45) is 0 Å². The van der Waals surface area contributed by atoms with E-state index in [4.69, 9.17) is 9.47 Å². The van der Waals surface area contributed by atoms with E-state index in [0.717, 1.165) is 0 Å². The minimum Gasteiger partial charge on any atom is -0.453 e. The minimum atomic E-state index is -0.710. The van der Waals surface area contributed by atoms with Crippen LogP contribution in [0.15, 0.2) is 30.3 Å². The van der Waals surface area contributed by atoms with Crippen LogP contribution in [0.25, 0.3) is 0 Å². The van der Waals surface area contributed by atoms with Gasteiger partial charge in [0.15, 0.2) is 6.10 Å². The van der Waals surface area contributed by atoms with Gasteiger partial charge in [-0.3, -0.25) is 0 Å². The van der Waals surface area contributed by atoms with Crippen LogP contribution in [0, 0.1) is 0 Å². The molecule has 0 radical (unpaired) electrons. The van der Waals surface area contributed by atoms with Crippen molar-refractivity contribution in [2.45, 2.75) is 12.2 Å². The van der Waals surface area contributed by atoms with Gasteiger partial charge in [0, 0.05) is 0 Å². The first kappa shape index (κ1) is 10.1. The molecule has 1 saturated heterocycles. The quantitative estimate of drug-likeness (QED) is 0.723. The molecule has 1 aromatic rings. The fraction of sp³-hybridized carbons (Fsp3) is 0.364. The van der Waals surface area contributed by atoms with Gasteiger partial charge in [-0.2, -0.15) is 0 Å². The molecule has 80 valence electrons. The molecule has 0 bridgehead atoms. The molecule has 2 atom stereocenters. The van der Waals surface area contributed by atoms with Gasteiger partial charge in [-0.25, -0.2) is 4.79 Å². The van der Waals surface area contributed by atoms with Crippen molar-refractivity contribution in [3.05, 3.63) is 35.9 Å². The molecule has 0 spiro atoms. The van der Waals surface area contributed by atoms with Gasteiger partial charge in [0.1, 0.15) is 6.10 Å². The number of ether oxygens (including phenoxy) is 2. The molecule has 1 aromatic carbocycles. The number of benzene rings is 1. The molecule has 1 aliphatic rings. The van der Waals surface area contributed by atoms with Crippen molar-refractivity contribution in [2.75, 3.05) is 13.2 Å². The fourth-order valence-corrected chi connectivity index (χ4v) is 1.42. The van der Waals surface area contributed by atoms with Gasteiger partial charge in [0.2, 0.25) is 0 Å². The highest BCUT2D eigenvalue weighted by atomic mass is 16.6. The molecule has 0 aliphatic carbocycles. The Hall–Kier alpha value is -1.39. The molecule has 15 heavy (non-hydrogen) atoms. The Kier molecular flexibility index (Phi) is 2.99. The second-order valence-corrected chi connectivity index (χ2v) is 3.41. The number of aliphatic hydroxyl groups is 1. The van der Waals surface area contributed by atoms with Gasteiger partial charge in [-0.05, 0) is 12.1 Å². The van der Waals surface area contributed by atoms with Gasteiger partial charge in [-0.15, -0.1) is 0 Å². The Bertz CT molecular complexity index is 336. The van der Waals surface area contributed by atoms with Crippen molar-refractivity contribution in [1.29, 1.82) is 0 Å². The Morgan fingerprint density at radius 3 is 2.67 bits per heavy atom. The smallest absolute Gasteiger partial charge is 0.338 e. The Labute approximate surface area is 87.4 Å². The van der Waals surface area contributed by atoms with E-state index >= 15 is 0 Å². The molecule has 4 heteroatoms. The molecule has 1 N–H and O–H groups in total. The average Bonchev–Trinajstić information content (AvgIpc) is 2.66. The van der Waals surface area contributed by atoms with Crippen LogP contribution >= 0.6 is 0 Å². The zero-order valence-electron chi connectivity index (χ0n) is 8.13. The van der Waals surface area contributed by atoms with Gasteiger partial charge < -0.3 is 14.6 Å². The first-order valence-electron chi connectivity index (χ1n) is 4.79. The van der Waals surface area contributed by atoms with Crippen molar-refractivity contribution in [3.63, 3.8) is 0 Å². The summed E-state index contributed by atoms with van der Waals surface area (Å²) >= 11 is 0. The van der Waals surface area contributed by atoms with Crippen LogP contribution in [0.3, 0.4) is 0 Å². The number of aliphatic hydroxyl groups excluding tert-OH is 1. The molecule has 2 rings (SSSR count). The van der Waals surface area contributed by atoms with E-state index in [1.54, 1.807) is 24.3 Å². The summed E-state index contributed by atoms with van der Waals surface area (Å²) in [5, 5.41) is 9.38. The number of esters is 1. The molecular formula is C11H12O4. The SMILES string of the molecule is O=C(O[C@@H]1COC[C@@H]1O)c1ccccc1. The minimum absolute atomic E-state index is 0.229. The summed E-state index contributed by atoms with van der Waals surface area (Å²) in [7, 11) is 0. The third-order valence-electron chi connectivity index (χ3n) is 2.27. The van der Waals surface area contributed by atoms with Crippen molar-refractivity contribution >= 4 is 5.97 Å². The predicted molar refractivity (Wildman–Crippen MR) is 52.5 cm³/mol. The van der Waals surface area contributed by atoms with E-state index in [9.17, 15) is 9.90 Å². The summed E-state index contributed by atoms with van der Waals surface area (Å²) in [6.45, 7) is 0.493. The van der Waals surface area contributed by atoms with Crippen LogP contribution in [-0.2, 0) is 9.47 Å². The van der Waals surface area contributed by atoms with Crippen LogP contribution in [-0.4, -0.2) is 36.5 Å². The van der Waals surface area contributed by atoms with Crippen LogP contribution in [0.5, 0.6) is 0 Å². The molecule has 0 amide bonds. The molecule has 1 heterocycles. The maximum Gasteiger partial charge on any atom is 0.338 e. The van der Waals surface area contributed by atoms with E-state index < -0.39 is 18.2 Å². The second kappa shape index (κ2) is 4.42. The van der Waals surface area contributed by atoms with Crippen molar-refractivity contribution in [1.82, 2.24) is 0 Å². The molecule has 0 saturated carbocycles. The summed E-state index contributed by atoms with van der Waals surface area (Å²) in [5.74, 6) is -0.426. The normalized spacial score (nSPS) is 25.1. The fourth-order valence-electron chi connectivity index (χ4n) is 1.42. The van der Waals surface area contributed by atoms with Crippen LogP contribution in [0.4, 0.5) is 0 Å². The highest BCUT2D eigenvalue weighted by molar-refractivity contribution is 5.89. The monoisotopic (exact) mass is 208 g/mol. The van der Waals surface area contributed by atoms with Gasteiger partial charge in [0.25, 0.3) is 0 Å². The molecule has 4 nitrogen and oxygen atoms in total. The Morgan fingerprint density at radius 1 is 1.33 bits per heavy atom. The summed E-state index contributed by atoms with van der Waals surface area (Å²) in [6, 6.07) is 8.69. The predicted octanol–water partition coefficient (Wildman–Crippen LogP) is 0.603. The third kappa shape index (κ3) is 2.34. The van der Waals surface area contributed by atoms with Crippen LogP contribution in [0.1, 0.15) is 10.4 Å². The van der Waals surface area contributed by atoms with Gasteiger partial charge >= 0.3 is 5.97 Å². The highest BCUT2D eigenvalue weighted by Crippen LogP contribution is 2.12. The summed E-state index contributed by atoms with van der Waals surface area (Å²) in [6.07, 6.45) is -1.25. The topological polar surface area (TPSA) is 55.8 Å². The number of rotatable bonds is 2. The highest BCUT2D eigenvalue weighted by Gasteiger charge is 2.29. The van der Waals surface area contributed by atoms with E-state index in [1.165, 1.54) is 0 Å². The van der Waals surface area contributed by atoms with Crippen LogP contribution < -0.4 is 0 Å². The lowest BCUT2D eigenvalue weighted by atomic mass is 10.2. The number of hydrogen-bond donors (Lipinski definition) is 1. The first-order valence-corrected chi connectivity index (χ1v) is 4.79. The molecule has 1 aliphatic heterocycles. The lowest BCUT2D eigenvalue weighted by molar-refractivity contribution is 0.00114. The van der Waals surface area contributed by atoms with E-state index in [1.807, 2.05) is 6.07 Å². The summed E-state index contributed by atoms with van der Waals surface area (Å²) in [5.41, 5.74) is 0.483. The molecule has 1 fully saturated rings. The molecule has 0 unspecified atom stereocenters.